The minimum atomic E-state index is -0.864. The van der Waals surface area contributed by atoms with Gasteiger partial charge in [0, 0.05) is 41.5 Å². The van der Waals surface area contributed by atoms with Crippen LogP contribution in [0.25, 0.3) is 0 Å². The van der Waals surface area contributed by atoms with Crippen LogP contribution in [0.4, 0.5) is 5.69 Å². The highest BCUT2D eigenvalue weighted by molar-refractivity contribution is 9.10. The van der Waals surface area contributed by atoms with E-state index in [1.165, 1.54) is 25.1 Å². The Morgan fingerprint density at radius 2 is 2.17 bits per heavy atom. The molecule has 0 unspecified atom stereocenters. The van der Waals surface area contributed by atoms with Crippen molar-refractivity contribution in [1.29, 1.82) is 0 Å². The molecular formula is C15H11BrN4O4. The second-order valence-electron chi connectivity index (χ2n) is 4.98. The van der Waals surface area contributed by atoms with E-state index < -0.39 is 11.2 Å². The van der Waals surface area contributed by atoms with Gasteiger partial charge >= 0.3 is 0 Å². The summed E-state index contributed by atoms with van der Waals surface area (Å²) in [5.41, 5.74) is 0.960. The fourth-order valence-corrected chi connectivity index (χ4v) is 2.59. The van der Waals surface area contributed by atoms with Crippen LogP contribution < -0.4 is 0 Å². The molecular weight excluding hydrogens is 380 g/mol. The van der Waals surface area contributed by atoms with Gasteiger partial charge in [-0.3, -0.25) is 19.9 Å². The first kappa shape index (κ1) is 16.1. The molecule has 0 fully saturated rings. The third kappa shape index (κ3) is 3.11. The summed E-state index contributed by atoms with van der Waals surface area (Å²) in [7, 11) is 0. The predicted octanol–water partition coefficient (Wildman–Crippen LogP) is 2.99. The summed E-state index contributed by atoms with van der Waals surface area (Å²) in [6, 6.07) is 7.66. The number of ether oxygens (including phenoxy) is 1. The normalized spacial score (nSPS) is 16.5. The number of benzene rings is 1. The Labute approximate surface area is 145 Å². The summed E-state index contributed by atoms with van der Waals surface area (Å²) in [5.74, 6) is -0.125. The number of nitrogens with zero attached hydrogens (tertiary/aromatic N) is 4. The monoisotopic (exact) mass is 390 g/mol. The number of amides is 1. The van der Waals surface area contributed by atoms with Gasteiger partial charge in [-0.05, 0) is 22.0 Å². The van der Waals surface area contributed by atoms with Gasteiger partial charge in [-0.2, -0.15) is 5.01 Å². The van der Waals surface area contributed by atoms with E-state index in [9.17, 15) is 14.9 Å². The van der Waals surface area contributed by atoms with Gasteiger partial charge in [-0.1, -0.05) is 12.1 Å². The van der Waals surface area contributed by atoms with Crippen molar-refractivity contribution in [3.05, 3.63) is 68.4 Å². The van der Waals surface area contributed by atoms with Crippen LogP contribution in [0, 0.1) is 10.1 Å². The quantitative estimate of drug-likeness (QED) is 0.592. The number of pyridine rings is 1. The molecule has 0 saturated carbocycles. The Balaban J connectivity index is 1.97. The van der Waals surface area contributed by atoms with Gasteiger partial charge in [0.15, 0.2) is 0 Å². The smallest absolute Gasteiger partial charge is 0.269 e. The fourth-order valence-electron chi connectivity index (χ4n) is 2.22. The first-order valence-electron chi connectivity index (χ1n) is 6.86. The number of hydrazone groups is 1. The van der Waals surface area contributed by atoms with E-state index in [0.29, 0.717) is 11.1 Å². The van der Waals surface area contributed by atoms with E-state index in [-0.39, 0.29) is 17.5 Å². The van der Waals surface area contributed by atoms with Gasteiger partial charge in [0.05, 0.1) is 10.5 Å². The molecule has 1 amide bonds. The van der Waals surface area contributed by atoms with Crippen LogP contribution in [0.15, 0.2) is 52.3 Å². The molecule has 8 nitrogen and oxygen atoms in total. The maximum atomic E-state index is 11.9. The lowest BCUT2D eigenvalue weighted by atomic mass is 10.1. The second-order valence-corrected chi connectivity index (χ2v) is 5.90. The molecule has 1 aliphatic rings. The van der Waals surface area contributed by atoms with Crippen LogP contribution in [0.5, 0.6) is 0 Å². The highest BCUT2D eigenvalue weighted by Crippen LogP contribution is 2.32. The average molecular weight is 391 g/mol. The molecule has 1 aromatic carbocycles. The molecule has 1 aliphatic heterocycles. The minimum absolute atomic E-state index is 0.0859. The standard InChI is InChI=1S/C15H11BrN4O4/c1-9(21)19-15(10-3-2-4-13(6-10)20(22)23)24-14(18-19)11-5-12(16)8-17-7-11/h2-8,15H,1H3/t15-/m1/s1. The molecule has 0 bridgehead atoms. The number of hydrogen-bond acceptors (Lipinski definition) is 6. The van der Waals surface area contributed by atoms with E-state index >= 15 is 0 Å². The van der Waals surface area contributed by atoms with E-state index in [0.717, 1.165) is 9.48 Å². The van der Waals surface area contributed by atoms with Crippen LogP contribution >= 0.6 is 15.9 Å². The van der Waals surface area contributed by atoms with Crippen molar-refractivity contribution in [3.8, 4) is 0 Å². The van der Waals surface area contributed by atoms with Crippen molar-refractivity contribution >= 4 is 33.4 Å². The second kappa shape index (κ2) is 6.36. The SMILES string of the molecule is CC(=O)N1N=C(c2cncc(Br)c2)O[C@@H]1c1cccc([N+](=O)[O-])c1. The number of aromatic nitrogens is 1. The van der Waals surface area contributed by atoms with Gasteiger partial charge in [0.1, 0.15) is 0 Å². The van der Waals surface area contributed by atoms with Crippen LogP contribution in [-0.2, 0) is 9.53 Å². The van der Waals surface area contributed by atoms with E-state index in [4.69, 9.17) is 4.74 Å². The van der Waals surface area contributed by atoms with Gasteiger partial charge < -0.3 is 4.74 Å². The van der Waals surface area contributed by atoms with Crippen molar-refractivity contribution in [1.82, 2.24) is 9.99 Å². The Kier molecular flexibility index (Phi) is 4.26. The van der Waals surface area contributed by atoms with Crippen molar-refractivity contribution < 1.29 is 14.5 Å². The molecule has 0 saturated heterocycles. The zero-order valence-corrected chi connectivity index (χ0v) is 14.0. The van der Waals surface area contributed by atoms with Crippen molar-refractivity contribution in [2.24, 2.45) is 5.10 Å². The lowest BCUT2D eigenvalue weighted by Gasteiger charge is -2.19. The number of rotatable bonds is 3. The molecule has 24 heavy (non-hydrogen) atoms. The molecule has 122 valence electrons. The maximum absolute atomic E-state index is 11.9. The molecule has 0 radical (unpaired) electrons. The third-order valence-corrected chi connectivity index (χ3v) is 3.72. The predicted molar refractivity (Wildman–Crippen MR) is 87.9 cm³/mol. The summed E-state index contributed by atoms with van der Waals surface area (Å²) in [6.45, 7) is 1.35. The Morgan fingerprint density at radius 1 is 1.38 bits per heavy atom. The highest BCUT2D eigenvalue weighted by Gasteiger charge is 2.34. The number of hydrogen-bond donors (Lipinski definition) is 0. The Hall–Kier alpha value is -2.81. The fraction of sp³-hybridized carbons (Fsp3) is 0.133. The Morgan fingerprint density at radius 3 is 2.83 bits per heavy atom. The molecule has 3 rings (SSSR count). The number of non-ortho nitro benzene ring substituents is 1. The first-order valence-corrected chi connectivity index (χ1v) is 7.65. The number of halogens is 1. The number of nitro benzene ring substituents is 1. The molecule has 9 heteroatoms. The van der Waals surface area contributed by atoms with E-state index in [1.54, 1.807) is 24.5 Å². The molecule has 0 spiro atoms. The van der Waals surface area contributed by atoms with Gasteiger partial charge in [-0.15, -0.1) is 5.10 Å². The number of carbonyl (C=O) groups is 1. The van der Waals surface area contributed by atoms with Crippen molar-refractivity contribution in [3.63, 3.8) is 0 Å². The molecule has 1 atom stereocenters. The summed E-state index contributed by atoms with van der Waals surface area (Å²) in [4.78, 5) is 26.4. The van der Waals surface area contributed by atoms with E-state index in [2.05, 4.69) is 26.0 Å². The third-order valence-electron chi connectivity index (χ3n) is 3.28. The first-order chi connectivity index (χ1) is 11.5. The minimum Gasteiger partial charge on any atom is -0.446 e. The number of nitro groups is 1. The highest BCUT2D eigenvalue weighted by atomic mass is 79.9. The Bertz CT molecular complexity index is 855. The largest absolute Gasteiger partial charge is 0.446 e. The molecule has 2 heterocycles. The number of carbonyl (C=O) groups excluding carboxylic acids is 1. The zero-order chi connectivity index (χ0) is 17.3. The summed E-state index contributed by atoms with van der Waals surface area (Å²) < 4.78 is 6.50. The summed E-state index contributed by atoms with van der Waals surface area (Å²) in [6.07, 6.45) is 2.30. The summed E-state index contributed by atoms with van der Waals surface area (Å²) in [5, 5.41) is 16.3. The summed E-state index contributed by atoms with van der Waals surface area (Å²) >= 11 is 3.31. The maximum Gasteiger partial charge on any atom is 0.269 e. The zero-order valence-electron chi connectivity index (χ0n) is 12.4. The average Bonchev–Trinajstić information content (AvgIpc) is 3.00. The van der Waals surface area contributed by atoms with Gasteiger partial charge in [0.2, 0.25) is 18.0 Å². The van der Waals surface area contributed by atoms with Crippen LogP contribution in [0.1, 0.15) is 24.3 Å². The molecule has 1 aromatic heterocycles. The van der Waals surface area contributed by atoms with Crippen molar-refractivity contribution in [2.75, 3.05) is 0 Å². The van der Waals surface area contributed by atoms with Crippen molar-refractivity contribution in [2.45, 2.75) is 13.2 Å². The van der Waals surface area contributed by atoms with Crippen LogP contribution in [0.2, 0.25) is 0 Å². The lowest BCUT2D eigenvalue weighted by Crippen LogP contribution is -2.25. The van der Waals surface area contributed by atoms with Crippen LogP contribution in [0.3, 0.4) is 0 Å². The lowest BCUT2D eigenvalue weighted by molar-refractivity contribution is -0.385. The molecule has 0 aliphatic carbocycles. The van der Waals surface area contributed by atoms with E-state index in [1.807, 2.05) is 0 Å². The molecule has 2 aromatic rings. The van der Waals surface area contributed by atoms with Gasteiger partial charge in [-0.25, -0.2) is 0 Å². The van der Waals surface area contributed by atoms with Crippen LogP contribution in [-0.4, -0.2) is 26.7 Å². The van der Waals surface area contributed by atoms with Gasteiger partial charge in [0.25, 0.3) is 5.69 Å². The topological polar surface area (TPSA) is 97.9 Å². The molecule has 0 N–H and O–H groups in total.